The second-order valence-electron chi connectivity index (χ2n) is 5.37. The Kier molecular flexibility index (Phi) is 6.60. The lowest BCUT2D eigenvalue weighted by Crippen LogP contribution is -2.37. The van der Waals surface area contributed by atoms with Crippen molar-refractivity contribution in [2.45, 2.75) is 6.92 Å². The second kappa shape index (κ2) is 8.50. The SMILES string of the molecule is CCOc1ccc(N(CC(=O)Nc2ccc(Br)cc2F)S(C)(=O)=O)cc1. The van der Waals surface area contributed by atoms with Crippen LogP contribution in [0.1, 0.15) is 6.92 Å². The molecule has 0 atom stereocenters. The zero-order valence-electron chi connectivity index (χ0n) is 14.2. The topological polar surface area (TPSA) is 75.7 Å². The molecule has 0 aromatic heterocycles. The third kappa shape index (κ3) is 5.43. The van der Waals surface area contributed by atoms with Crippen LogP contribution < -0.4 is 14.4 Å². The van der Waals surface area contributed by atoms with Crippen molar-refractivity contribution in [1.82, 2.24) is 0 Å². The van der Waals surface area contributed by atoms with Gasteiger partial charge in [0, 0.05) is 4.47 Å². The van der Waals surface area contributed by atoms with Crippen molar-refractivity contribution in [2.24, 2.45) is 0 Å². The molecule has 0 unspecified atom stereocenters. The number of benzene rings is 2. The Balaban J connectivity index is 2.18. The van der Waals surface area contributed by atoms with Crippen LogP contribution >= 0.6 is 15.9 Å². The predicted molar refractivity (Wildman–Crippen MR) is 103 cm³/mol. The molecule has 0 saturated carbocycles. The van der Waals surface area contributed by atoms with Crippen molar-refractivity contribution in [2.75, 3.05) is 29.0 Å². The molecule has 0 bridgehead atoms. The largest absolute Gasteiger partial charge is 0.494 e. The number of ether oxygens (including phenoxy) is 1. The van der Waals surface area contributed by atoms with E-state index in [2.05, 4.69) is 21.2 Å². The number of rotatable bonds is 7. The van der Waals surface area contributed by atoms with Gasteiger partial charge in [0.2, 0.25) is 15.9 Å². The van der Waals surface area contributed by atoms with Gasteiger partial charge in [0.05, 0.1) is 24.2 Å². The third-order valence-electron chi connectivity index (χ3n) is 3.33. The molecule has 0 radical (unpaired) electrons. The fourth-order valence-corrected chi connectivity index (χ4v) is 3.38. The first kappa shape index (κ1) is 20.2. The van der Waals surface area contributed by atoms with Crippen LogP contribution in [0.4, 0.5) is 15.8 Å². The number of amides is 1. The molecular weight excluding hydrogens is 427 g/mol. The van der Waals surface area contributed by atoms with E-state index in [0.29, 0.717) is 22.5 Å². The zero-order chi connectivity index (χ0) is 19.3. The Hall–Kier alpha value is -2.13. The molecule has 1 N–H and O–H groups in total. The molecule has 2 aromatic rings. The van der Waals surface area contributed by atoms with Gasteiger partial charge in [0.15, 0.2) is 0 Å². The summed E-state index contributed by atoms with van der Waals surface area (Å²) in [5.74, 6) is -0.698. The maximum absolute atomic E-state index is 13.8. The van der Waals surface area contributed by atoms with Crippen LogP contribution in [0, 0.1) is 5.82 Å². The zero-order valence-corrected chi connectivity index (χ0v) is 16.6. The average Bonchev–Trinajstić information content (AvgIpc) is 2.55. The van der Waals surface area contributed by atoms with Gasteiger partial charge in [0.1, 0.15) is 18.1 Å². The minimum Gasteiger partial charge on any atom is -0.494 e. The number of halogens is 2. The van der Waals surface area contributed by atoms with Crippen molar-refractivity contribution in [3.8, 4) is 5.75 Å². The molecule has 0 heterocycles. The number of sulfonamides is 1. The van der Waals surface area contributed by atoms with E-state index in [-0.39, 0.29) is 5.69 Å². The molecule has 2 rings (SSSR count). The Morgan fingerprint density at radius 2 is 1.88 bits per heavy atom. The van der Waals surface area contributed by atoms with E-state index in [1.165, 1.54) is 12.1 Å². The van der Waals surface area contributed by atoms with Crippen molar-refractivity contribution in [1.29, 1.82) is 0 Å². The van der Waals surface area contributed by atoms with E-state index < -0.39 is 28.3 Å². The van der Waals surface area contributed by atoms with Crippen molar-refractivity contribution >= 4 is 43.2 Å². The highest BCUT2D eigenvalue weighted by Crippen LogP contribution is 2.23. The molecule has 2 aromatic carbocycles. The number of carbonyl (C=O) groups is 1. The summed E-state index contributed by atoms with van der Waals surface area (Å²) in [6.45, 7) is 1.83. The maximum Gasteiger partial charge on any atom is 0.245 e. The van der Waals surface area contributed by atoms with Gasteiger partial charge in [-0.3, -0.25) is 9.10 Å². The van der Waals surface area contributed by atoms with Crippen LogP contribution in [-0.2, 0) is 14.8 Å². The molecule has 0 aliphatic carbocycles. The Morgan fingerprint density at radius 3 is 2.42 bits per heavy atom. The van der Waals surface area contributed by atoms with Gasteiger partial charge >= 0.3 is 0 Å². The van der Waals surface area contributed by atoms with E-state index in [1.54, 1.807) is 30.3 Å². The minimum atomic E-state index is -3.72. The van der Waals surface area contributed by atoms with Gasteiger partial charge in [-0.2, -0.15) is 0 Å². The molecule has 140 valence electrons. The Bertz CT molecular complexity index is 888. The number of carbonyl (C=O) groups excluding carboxylic acids is 1. The highest BCUT2D eigenvalue weighted by molar-refractivity contribution is 9.10. The van der Waals surface area contributed by atoms with Gasteiger partial charge in [-0.1, -0.05) is 15.9 Å². The van der Waals surface area contributed by atoms with E-state index in [9.17, 15) is 17.6 Å². The number of hydrogen-bond donors (Lipinski definition) is 1. The molecule has 0 spiro atoms. The van der Waals surface area contributed by atoms with Gasteiger partial charge in [0.25, 0.3) is 0 Å². The highest BCUT2D eigenvalue weighted by atomic mass is 79.9. The van der Waals surface area contributed by atoms with Crippen LogP contribution in [0.25, 0.3) is 0 Å². The molecule has 6 nitrogen and oxygen atoms in total. The fourth-order valence-electron chi connectivity index (χ4n) is 2.19. The summed E-state index contributed by atoms with van der Waals surface area (Å²) < 4.78 is 44.8. The lowest BCUT2D eigenvalue weighted by atomic mass is 10.3. The lowest BCUT2D eigenvalue weighted by molar-refractivity contribution is -0.114. The van der Waals surface area contributed by atoms with Gasteiger partial charge in [-0.05, 0) is 49.4 Å². The van der Waals surface area contributed by atoms with Crippen molar-refractivity contribution in [3.05, 3.63) is 52.8 Å². The van der Waals surface area contributed by atoms with Crippen LogP contribution in [0.15, 0.2) is 46.9 Å². The monoisotopic (exact) mass is 444 g/mol. The Morgan fingerprint density at radius 1 is 1.23 bits per heavy atom. The molecule has 0 aliphatic rings. The molecule has 0 aliphatic heterocycles. The van der Waals surface area contributed by atoms with Crippen LogP contribution in [-0.4, -0.2) is 33.7 Å². The van der Waals surface area contributed by atoms with Gasteiger partial charge in [-0.25, -0.2) is 12.8 Å². The first-order valence-electron chi connectivity index (χ1n) is 7.66. The number of hydrogen-bond acceptors (Lipinski definition) is 4. The number of anilines is 2. The highest BCUT2D eigenvalue weighted by Gasteiger charge is 2.21. The first-order chi connectivity index (χ1) is 12.2. The summed E-state index contributed by atoms with van der Waals surface area (Å²) in [6.07, 6.45) is 0.997. The molecule has 0 fully saturated rings. The minimum absolute atomic E-state index is 0.0293. The summed E-state index contributed by atoms with van der Waals surface area (Å²) in [5, 5.41) is 2.38. The quantitative estimate of drug-likeness (QED) is 0.709. The summed E-state index contributed by atoms with van der Waals surface area (Å²) in [7, 11) is -3.72. The van der Waals surface area contributed by atoms with E-state index >= 15 is 0 Å². The van der Waals surface area contributed by atoms with E-state index in [1.807, 2.05) is 6.92 Å². The van der Waals surface area contributed by atoms with E-state index in [0.717, 1.165) is 10.6 Å². The number of nitrogens with one attached hydrogen (secondary N) is 1. The van der Waals surface area contributed by atoms with Gasteiger partial charge < -0.3 is 10.1 Å². The molecule has 1 amide bonds. The first-order valence-corrected chi connectivity index (χ1v) is 10.3. The molecular formula is C17H18BrFN2O4S. The van der Waals surface area contributed by atoms with Crippen molar-refractivity contribution in [3.63, 3.8) is 0 Å². The Labute approximate surface area is 160 Å². The smallest absolute Gasteiger partial charge is 0.245 e. The fraction of sp³-hybridized carbons (Fsp3) is 0.235. The predicted octanol–water partition coefficient (Wildman–Crippen LogP) is 3.39. The molecule has 9 heteroatoms. The van der Waals surface area contributed by atoms with E-state index in [4.69, 9.17) is 4.74 Å². The maximum atomic E-state index is 13.8. The van der Waals surface area contributed by atoms with Gasteiger partial charge in [-0.15, -0.1) is 0 Å². The normalized spacial score (nSPS) is 11.1. The summed E-state index contributed by atoms with van der Waals surface area (Å²) in [6, 6.07) is 10.5. The number of nitrogens with zero attached hydrogens (tertiary/aromatic N) is 1. The molecule has 26 heavy (non-hydrogen) atoms. The second-order valence-corrected chi connectivity index (χ2v) is 8.19. The summed E-state index contributed by atoms with van der Waals surface area (Å²) in [4.78, 5) is 12.2. The van der Waals surface area contributed by atoms with Crippen LogP contribution in [0.2, 0.25) is 0 Å². The van der Waals surface area contributed by atoms with Crippen molar-refractivity contribution < 1.29 is 22.3 Å². The van der Waals surface area contributed by atoms with Crippen LogP contribution in [0.3, 0.4) is 0 Å². The average molecular weight is 445 g/mol. The van der Waals surface area contributed by atoms with Crippen LogP contribution in [0.5, 0.6) is 5.75 Å². The lowest BCUT2D eigenvalue weighted by Gasteiger charge is -2.22. The summed E-state index contributed by atoms with van der Waals surface area (Å²) in [5.41, 5.74) is 0.278. The summed E-state index contributed by atoms with van der Waals surface area (Å²) >= 11 is 3.13. The molecule has 0 saturated heterocycles. The third-order valence-corrected chi connectivity index (χ3v) is 4.96. The standard InChI is InChI=1S/C17H18BrFN2O4S/c1-3-25-14-7-5-13(6-8-14)21(26(2,23)24)11-17(22)20-16-9-4-12(18)10-15(16)19/h4-10H,3,11H2,1-2H3,(H,20,22).